The average molecular weight is 389 g/mol. The molecule has 0 fully saturated rings. The van der Waals surface area contributed by atoms with E-state index in [0.29, 0.717) is 0 Å². The molecular formula is C14H23N5O8. The van der Waals surface area contributed by atoms with Crippen molar-refractivity contribution in [3.05, 3.63) is 0 Å². The zero-order valence-electron chi connectivity index (χ0n) is 14.6. The second-order valence-electron chi connectivity index (χ2n) is 5.63. The van der Waals surface area contributed by atoms with Gasteiger partial charge in [-0.2, -0.15) is 0 Å². The summed E-state index contributed by atoms with van der Waals surface area (Å²) in [7, 11) is 0. The first-order valence-corrected chi connectivity index (χ1v) is 7.80. The van der Waals surface area contributed by atoms with Crippen molar-refractivity contribution in [2.24, 2.45) is 11.5 Å². The van der Waals surface area contributed by atoms with Crippen LogP contribution < -0.4 is 27.4 Å². The lowest BCUT2D eigenvalue weighted by Gasteiger charge is -2.19. The highest BCUT2D eigenvalue weighted by atomic mass is 16.4. The molecule has 3 unspecified atom stereocenters. The molecule has 0 aliphatic heterocycles. The van der Waals surface area contributed by atoms with Crippen LogP contribution in [0.15, 0.2) is 0 Å². The van der Waals surface area contributed by atoms with Crippen molar-refractivity contribution in [3.63, 3.8) is 0 Å². The van der Waals surface area contributed by atoms with E-state index in [-0.39, 0.29) is 6.42 Å². The fourth-order valence-corrected chi connectivity index (χ4v) is 1.77. The molecule has 0 spiro atoms. The quantitative estimate of drug-likeness (QED) is 0.173. The van der Waals surface area contributed by atoms with Gasteiger partial charge >= 0.3 is 11.9 Å². The molecular weight excluding hydrogens is 366 g/mol. The Morgan fingerprint density at radius 2 is 1.56 bits per heavy atom. The van der Waals surface area contributed by atoms with E-state index in [1.807, 2.05) is 0 Å². The second kappa shape index (κ2) is 11.4. The summed E-state index contributed by atoms with van der Waals surface area (Å²) in [6.07, 6.45) is -1.37. The molecule has 0 saturated carbocycles. The van der Waals surface area contributed by atoms with Crippen molar-refractivity contribution in [2.45, 2.75) is 44.3 Å². The summed E-state index contributed by atoms with van der Waals surface area (Å²) >= 11 is 0. The van der Waals surface area contributed by atoms with Crippen LogP contribution in [0.25, 0.3) is 0 Å². The third-order valence-corrected chi connectivity index (χ3v) is 3.16. The first-order chi connectivity index (χ1) is 12.4. The van der Waals surface area contributed by atoms with E-state index in [0.717, 1.165) is 0 Å². The Morgan fingerprint density at radius 1 is 0.963 bits per heavy atom. The summed E-state index contributed by atoms with van der Waals surface area (Å²) in [5.41, 5.74) is 10.4. The molecule has 4 amide bonds. The fraction of sp³-hybridized carbons (Fsp3) is 0.571. The molecule has 0 aliphatic carbocycles. The predicted molar refractivity (Wildman–Crippen MR) is 88.8 cm³/mol. The zero-order valence-corrected chi connectivity index (χ0v) is 14.6. The number of nitrogens with two attached hydrogens (primary N) is 2. The number of primary amides is 1. The van der Waals surface area contributed by atoms with E-state index in [2.05, 4.69) is 16.0 Å². The monoisotopic (exact) mass is 389 g/mol. The van der Waals surface area contributed by atoms with E-state index in [1.54, 1.807) is 0 Å². The first-order valence-electron chi connectivity index (χ1n) is 7.80. The van der Waals surface area contributed by atoms with Crippen molar-refractivity contribution in [1.29, 1.82) is 0 Å². The number of hydrogen-bond donors (Lipinski definition) is 7. The largest absolute Gasteiger partial charge is 0.481 e. The van der Waals surface area contributed by atoms with Gasteiger partial charge < -0.3 is 37.6 Å². The number of aliphatic carboxylic acids is 2. The lowest BCUT2D eigenvalue weighted by molar-refractivity contribution is -0.143. The SMILES string of the molecule is CC(N)C(=O)NC(CC(N)=O)C(=O)NCC(=O)NC(CCC(=O)O)C(=O)O. The van der Waals surface area contributed by atoms with Crippen LogP contribution in [-0.2, 0) is 28.8 Å². The van der Waals surface area contributed by atoms with Gasteiger partial charge in [-0.15, -0.1) is 0 Å². The standard InChI is InChI=1S/C14H23N5O8/c1-6(15)12(24)19-8(4-9(16)20)13(25)17-5-10(21)18-7(14(26)27)2-3-11(22)23/h6-8H,2-5,15H2,1H3,(H2,16,20)(H,17,25)(H,18,21)(H,19,24)(H,22,23)(H,26,27). The van der Waals surface area contributed by atoms with Crippen LogP contribution in [0.3, 0.4) is 0 Å². The normalized spacial score (nSPS) is 13.6. The van der Waals surface area contributed by atoms with Crippen LogP contribution in [0.2, 0.25) is 0 Å². The Kier molecular flexibility index (Phi) is 10.0. The Bertz CT molecular complexity index is 606. The number of carboxylic acids is 2. The van der Waals surface area contributed by atoms with Crippen LogP contribution in [0, 0.1) is 0 Å². The van der Waals surface area contributed by atoms with Gasteiger partial charge in [0.15, 0.2) is 0 Å². The average Bonchev–Trinajstić information content (AvgIpc) is 2.54. The third kappa shape index (κ3) is 10.4. The van der Waals surface area contributed by atoms with Crippen molar-refractivity contribution in [3.8, 4) is 0 Å². The van der Waals surface area contributed by atoms with Gasteiger partial charge in [0.2, 0.25) is 23.6 Å². The lowest BCUT2D eigenvalue weighted by Crippen LogP contribution is -2.54. The Labute approximate surface area is 153 Å². The first kappa shape index (κ1) is 23.8. The van der Waals surface area contributed by atoms with Gasteiger partial charge in [-0.1, -0.05) is 0 Å². The second-order valence-corrected chi connectivity index (χ2v) is 5.63. The molecule has 13 heteroatoms. The number of hydrogen-bond acceptors (Lipinski definition) is 7. The Hall–Kier alpha value is -3.22. The molecule has 152 valence electrons. The van der Waals surface area contributed by atoms with Gasteiger partial charge in [0.25, 0.3) is 0 Å². The van der Waals surface area contributed by atoms with Gasteiger partial charge in [-0.25, -0.2) is 4.79 Å². The number of carboxylic acid groups (broad SMARTS) is 2. The Morgan fingerprint density at radius 3 is 2.00 bits per heavy atom. The molecule has 0 aliphatic rings. The highest BCUT2D eigenvalue weighted by Gasteiger charge is 2.25. The predicted octanol–water partition coefficient (Wildman–Crippen LogP) is -3.76. The summed E-state index contributed by atoms with van der Waals surface area (Å²) < 4.78 is 0. The van der Waals surface area contributed by atoms with Crippen LogP contribution >= 0.6 is 0 Å². The molecule has 27 heavy (non-hydrogen) atoms. The number of amides is 4. The Balaban J connectivity index is 4.73. The van der Waals surface area contributed by atoms with Gasteiger partial charge in [0.1, 0.15) is 12.1 Å². The molecule has 13 nitrogen and oxygen atoms in total. The molecule has 0 saturated heterocycles. The van der Waals surface area contributed by atoms with Crippen molar-refractivity contribution in [2.75, 3.05) is 6.54 Å². The minimum absolute atomic E-state index is 0.348. The summed E-state index contributed by atoms with van der Waals surface area (Å²) in [6, 6.07) is -3.78. The third-order valence-electron chi connectivity index (χ3n) is 3.16. The van der Waals surface area contributed by atoms with Crippen LogP contribution in [0.1, 0.15) is 26.2 Å². The van der Waals surface area contributed by atoms with Crippen molar-refractivity contribution < 1.29 is 39.0 Å². The van der Waals surface area contributed by atoms with Crippen molar-refractivity contribution >= 4 is 35.6 Å². The molecule has 9 N–H and O–H groups in total. The summed E-state index contributed by atoms with van der Waals surface area (Å²) in [5, 5.41) is 23.9. The molecule has 0 radical (unpaired) electrons. The highest BCUT2D eigenvalue weighted by Crippen LogP contribution is 1.98. The maximum absolute atomic E-state index is 12.0. The van der Waals surface area contributed by atoms with E-state index < -0.39 is 73.1 Å². The van der Waals surface area contributed by atoms with Crippen molar-refractivity contribution in [1.82, 2.24) is 16.0 Å². The zero-order chi connectivity index (χ0) is 21.1. The summed E-state index contributed by atoms with van der Waals surface area (Å²) in [4.78, 5) is 67.8. The fourth-order valence-electron chi connectivity index (χ4n) is 1.77. The van der Waals surface area contributed by atoms with E-state index >= 15 is 0 Å². The number of nitrogens with one attached hydrogen (secondary N) is 3. The molecule has 0 aromatic carbocycles. The topological polar surface area (TPSA) is 231 Å². The molecule has 0 aromatic rings. The van der Waals surface area contributed by atoms with Gasteiger partial charge in [0, 0.05) is 6.42 Å². The van der Waals surface area contributed by atoms with E-state index in [4.69, 9.17) is 21.7 Å². The summed E-state index contributed by atoms with van der Waals surface area (Å²) in [5.74, 6) is -6.09. The smallest absolute Gasteiger partial charge is 0.326 e. The van der Waals surface area contributed by atoms with Gasteiger partial charge in [-0.3, -0.25) is 24.0 Å². The van der Waals surface area contributed by atoms with Gasteiger partial charge in [-0.05, 0) is 13.3 Å². The molecule has 0 heterocycles. The van der Waals surface area contributed by atoms with Gasteiger partial charge in [0.05, 0.1) is 19.0 Å². The minimum Gasteiger partial charge on any atom is -0.481 e. The molecule has 0 aromatic heterocycles. The highest BCUT2D eigenvalue weighted by molar-refractivity contribution is 5.94. The lowest BCUT2D eigenvalue weighted by atomic mass is 10.1. The molecule has 3 atom stereocenters. The summed E-state index contributed by atoms with van der Waals surface area (Å²) in [6.45, 7) is 0.685. The van der Waals surface area contributed by atoms with Crippen LogP contribution in [0.4, 0.5) is 0 Å². The maximum Gasteiger partial charge on any atom is 0.326 e. The van der Waals surface area contributed by atoms with Crippen LogP contribution in [0.5, 0.6) is 0 Å². The minimum atomic E-state index is -1.45. The van der Waals surface area contributed by atoms with E-state index in [9.17, 15) is 28.8 Å². The molecule has 0 rings (SSSR count). The van der Waals surface area contributed by atoms with Crippen LogP contribution in [-0.4, -0.2) is 70.5 Å². The number of rotatable bonds is 12. The number of carbonyl (C=O) groups excluding carboxylic acids is 4. The van der Waals surface area contributed by atoms with E-state index in [1.165, 1.54) is 6.92 Å². The molecule has 0 bridgehead atoms. The maximum atomic E-state index is 12.0. The number of carbonyl (C=O) groups is 6.